The van der Waals surface area contributed by atoms with Crippen LogP contribution in [0.15, 0.2) is 24.3 Å². The van der Waals surface area contributed by atoms with Gasteiger partial charge in [0.2, 0.25) is 5.91 Å². The summed E-state index contributed by atoms with van der Waals surface area (Å²) in [7, 11) is 0. The molecule has 6 nitrogen and oxygen atoms in total. The van der Waals surface area contributed by atoms with Crippen molar-refractivity contribution in [2.75, 3.05) is 13.1 Å². The first kappa shape index (κ1) is 17.8. The summed E-state index contributed by atoms with van der Waals surface area (Å²) in [6.07, 6.45) is 1.75. The van der Waals surface area contributed by atoms with Gasteiger partial charge in [0, 0.05) is 19.1 Å². The van der Waals surface area contributed by atoms with Gasteiger partial charge in [0.05, 0.1) is 16.3 Å². The third-order valence-corrected chi connectivity index (χ3v) is 5.83. The molecule has 2 amide bonds. The van der Waals surface area contributed by atoms with Crippen molar-refractivity contribution in [2.24, 2.45) is 11.7 Å². The van der Waals surface area contributed by atoms with Gasteiger partial charge in [-0.05, 0) is 44.7 Å². The van der Waals surface area contributed by atoms with E-state index in [0.717, 1.165) is 23.1 Å². The first-order chi connectivity index (χ1) is 12.0. The molecule has 1 saturated heterocycles. The normalized spacial score (nSPS) is 18.1. The summed E-state index contributed by atoms with van der Waals surface area (Å²) in [6, 6.07) is 7.35. The van der Waals surface area contributed by atoms with E-state index in [1.165, 1.54) is 11.3 Å². The Morgan fingerprint density at radius 3 is 2.60 bits per heavy atom. The number of aromatic nitrogens is 1. The van der Waals surface area contributed by atoms with Crippen LogP contribution in [0.4, 0.5) is 0 Å². The molecule has 2 heterocycles. The fourth-order valence-corrected chi connectivity index (χ4v) is 4.13. The molecule has 1 aliphatic heterocycles. The Kier molecular flexibility index (Phi) is 5.34. The molecule has 7 heteroatoms. The number of para-hydroxylation sites is 1. The molecule has 0 spiro atoms. The van der Waals surface area contributed by atoms with Crippen molar-refractivity contribution in [1.29, 1.82) is 0 Å². The zero-order valence-corrected chi connectivity index (χ0v) is 15.4. The van der Waals surface area contributed by atoms with Crippen LogP contribution in [0.3, 0.4) is 0 Å². The van der Waals surface area contributed by atoms with Gasteiger partial charge in [0.1, 0.15) is 0 Å². The van der Waals surface area contributed by atoms with Gasteiger partial charge >= 0.3 is 0 Å². The maximum atomic E-state index is 12.5. The lowest BCUT2D eigenvalue weighted by Gasteiger charge is -2.35. The fourth-order valence-electron chi connectivity index (χ4n) is 3.26. The molecule has 25 heavy (non-hydrogen) atoms. The first-order valence-corrected chi connectivity index (χ1v) is 9.48. The summed E-state index contributed by atoms with van der Waals surface area (Å²) < 4.78 is 1.02. The second-order valence-electron chi connectivity index (χ2n) is 6.70. The van der Waals surface area contributed by atoms with Gasteiger partial charge in [-0.2, -0.15) is 0 Å². The summed E-state index contributed by atoms with van der Waals surface area (Å²) in [5.41, 5.74) is 6.52. The molecule has 2 aromatic rings. The van der Waals surface area contributed by atoms with Crippen LogP contribution in [-0.2, 0) is 4.79 Å². The van der Waals surface area contributed by atoms with Crippen molar-refractivity contribution < 1.29 is 9.59 Å². The number of amides is 2. The molecule has 1 fully saturated rings. The summed E-state index contributed by atoms with van der Waals surface area (Å²) in [6.45, 7) is 5.15. The molecular formula is C18H24N4O2S. The number of nitrogens with zero attached hydrogens (tertiary/aromatic N) is 2. The van der Waals surface area contributed by atoms with Crippen LogP contribution in [0.1, 0.15) is 36.5 Å². The van der Waals surface area contributed by atoms with Crippen LogP contribution in [0.5, 0.6) is 0 Å². The molecule has 134 valence electrons. The summed E-state index contributed by atoms with van der Waals surface area (Å²) >= 11 is 1.41. The number of benzene rings is 1. The Hall–Kier alpha value is -1.99. The van der Waals surface area contributed by atoms with E-state index in [1.54, 1.807) is 6.92 Å². The number of thiazole rings is 1. The van der Waals surface area contributed by atoms with Crippen molar-refractivity contribution in [2.45, 2.75) is 38.8 Å². The largest absolute Gasteiger partial charge is 0.347 e. The van der Waals surface area contributed by atoms with Gasteiger partial charge in [-0.25, -0.2) is 4.98 Å². The summed E-state index contributed by atoms with van der Waals surface area (Å²) in [4.78, 5) is 30.7. The van der Waals surface area contributed by atoms with Crippen molar-refractivity contribution in [3.8, 4) is 0 Å². The van der Waals surface area contributed by atoms with E-state index in [9.17, 15) is 9.59 Å². The second-order valence-corrected chi connectivity index (χ2v) is 7.73. The van der Waals surface area contributed by atoms with Gasteiger partial charge in [0.15, 0.2) is 5.01 Å². The Balaban J connectivity index is 1.56. The van der Waals surface area contributed by atoms with Crippen molar-refractivity contribution in [1.82, 2.24) is 15.2 Å². The van der Waals surface area contributed by atoms with Crippen LogP contribution in [-0.4, -0.2) is 46.9 Å². The molecule has 1 aliphatic rings. The SMILES string of the molecule is CC(N)C(=O)N1CCC(C(C)NC(=O)c2nc3ccccc3s2)CC1. The number of nitrogens with one attached hydrogen (secondary N) is 1. The Morgan fingerprint density at radius 1 is 1.28 bits per heavy atom. The quantitative estimate of drug-likeness (QED) is 0.873. The van der Waals surface area contributed by atoms with Crippen molar-refractivity contribution in [3.63, 3.8) is 0 Å². The smallest absolute Gasteiger partial charge is 0.280 e. The Labute approximate surface area is 151 Å². The number of carbonyl (C=O) groups excluding carboxylic acids is 2. The standard InChI is InChI=1S/C18H24N4O2S/c1-11(19)18(24)22-9-7-13(8-10-22)12(2)20-16(23)17-21-14-5-3-4-6-15(14)25-17/h3-6,11-13H,7-10,19H2,1-2H3,(H,20,23). The molecular weight excluding hydrogens is 336 g/mol. The number of hydrogen-bond donors (Lipinski definition) is 2. The predicted molar refractivity (Wildman–Crippen MR) is 99.5 cm³/mol. The number of fused-ring (bicyclic) bond motifs is 1. The first-order valence-electron chi connectivity index (χ1n) is 8.66. The number of likely N-dealkylation sites (tertiary alicyclic amines) is 1. The molecule has 0 saturated carbocycles. The minimum atomic E-state index is -0.451. The van der Waals surface area contributed by atoms with Crippen LogP contribution >= 0.6 is 11.3 Å². The van der Waals surface area contributed by atoms with Gasteiger partial charge in [-0.15, -0.1) is 11.3 Å². The monoisotopic (exact) mass is 360 g/mol. The molecule has 1 aromatic carbocycles. The van der Waals surface area contributed by atoms with E-state index >= 15 is 0 Å². The third kappa shape index (κ3) is 3.99. The van der Waals surface area contributed by atoms with E-state index in [4.69, 9.17) is 5.73 Å². The fraction of sp³-hybridized carbons (Fsp3) is 0.500. The lowest BCUT2D eigenvalue weighted by molar-refractivity contribution is -0.133. The number of rotatable bonds is 4. The third-order valence-electron chi connectivity index (χ3n) is 4.79. The van der Waals surface area contributed by atoms with Gasteiger partial charge in [0.25, 0.3) is 5.91 Å². The van der Waals surface area contributed by atoms with Crippen LogP contribution in [0.25, 0.3) is 10.2 Å². The van der Waals surface area contributed by atoms with Gasteiger partial charge in [-0.1, -0.05) is 12.1 Å². The van der Waals surface area contributed by atoms with Crippen LogP contribution in [0, 0.1) is 5.92 Å². The van der Waals surface area contributed by atoms with Crippen LogP contribution < -0.4 is 11.1 Å². The Morgan fingerprint density at radius 2 is 1.96 bits per heavy atom. The molecule has 3 rings (SSSR count). The average molecular weight is 360 g/mol. The van der Waals surface area contributed by atoms with E-state index in [0.29, 0.717) is 24.0 Å². The highest BCUT2D eigenvalue weighted by Gasteiger charge is 2.28. The predicted octanol–water partition coefficient (Wildman–Crippen LogP) is 2.00. The molecule has 0 bridgehead atoms. The number of nitrogens with two attached hydrogens (primary N) is 1. The zero-order chi connectivity index (χ0) is 18.0. The summed E-state index contributed by atoms with van der Waals surface area (Å²) in [5, 5.41) is 3.57. The topological polar surface area (TPSA) is 88.3 Å². The number of carbonyl (C=O) groups is 2. The lowest BCUT2D eigenvalue weighted by atomic mass is 9.90. The minimum absolute atomic E-state index is 0.00427. The molecule has 2 unspecified atom stereocenters. The van der Waals surface area contributed by atoms with Crippen LogP contribution in [0.2, 0.25) is 0 Å². The van der Waals surface area contributed by atoms with E-state index < -0.39 is 6.04 Å². The van der Waals surface area contributed by atoms with Crippen molar-refractivity contribution in [3.05, 3.63) is 29.3 Å². The van der Waals surface area contributed by atoms with E-state index in [2.05, 4.69) is 10.3 Å². The minimum Gasteiger partial charge on any atom is -0.347 e. The lowest BCUT2D eigenvalue weighted by Crippen LogP contribution is -2.49. The van der Waals surface area contributed by atoms with Gasteiger partial charge < -0.3 is 16.0 Å². The second kappa shape index (κ2) is 7.49. The Bertz CT molecular complexity index is 732. The van der Waals surface area contributed by atoms with Crippen molar-refractivity contribution >= 4 is 33.4 Å². The highest BCUT2D eigenvalue weighted by atomic mass is 32.1. The highest BCUT2D eigenvalue weighted by Crippen LogP contribution is 2.24. The van der Waals surface area contributed by atoms with E-state index in [-0.39, 0.29) is 17.9 Å². The highest BCUT2D eigenvalue weighted by molar-refractivity contribution is 7.20. The molecule has 0 aliphatic carbocycles. The summed E-state index contributed by atoms with van der Waals surface area (Å²) in [5.74, 6) is 0.239. The molecule has 2 atom stereocenters. The maximum Gasteiger partial charge on any atom is 0.280 e. The average Bonchev–Trinajstić information content (AvgIpc) is 3.05. The zero-order valence-electron chi connectivity index (χ0n) is 14.6. The molecule has 1 aromatic heterocycles. The van der Waals surface area contributed by atoms with Gasteiger partial charge in [-0.3, -0.25) is 9.59 Å². The molecule has 3 N–H and O–H groups in total. The number of hydrogen-bond acceptors (Lipinski definition) is 5. The molecule has 0 radical (unpaired) electrons. The number of piperidine rings is 1. The maximum absolute atomic E-state index is 12.5. The van der Waals surface area contributed by atoms with E-state index in [1.807, 2.05) is 36.1 Å².